The predicted molar refractivity (Wildman–Crippen MR) is 29.8 cm³/mol. The minimum Gasteiger partial charge on any atom is -0.508 e. The molecule has 0 saturated heterocycles. The molecule has 0 amide bonds. The van der Waals surface area contributed by atoms with Gasteiger partial charge in [0, 0.05) is 104 Å². The van der Waals surface area contributed by atoms with Crippen LogP contribution in [0.2, 0.25) is 0 Å². The standard InChI is InChI=1S/C6H6O2.3Y/c7-5-2-1-3-6(8)4-5;;;/h1-4,7-8H;;;. The van der Waals surface area contributed by atoms with Crippen LogP contribution in [0.5, 0.6) is 11.5 Å². The third-order valence-electron chi connectivity index (χ3n) is 0.830. The van der Waals surface area contributed by atoms with Gasteiger partial charge in [0.1, 0.15) is 11.5 Å². The van der Waals surface area contributed by atoms with Crippen LogP contribution in [0, 0.1) is 0 Å². The summed E-state index contributed by atoms with van der Waals surface area (Å²) in [6, 6.07) is 5.85. The zero-order valence-corrected chi connectivity index (χ0v) is 14.5. The van der Waals surface area contributed by atoms with Gasteiger partial charge < -0.3 is 10.2 Å². The fourth-order valence-corrected chi connectivity index (χ4v) is 0.493. The van der Waals surface area contributed by atoms with Crippen molar-refractivity contribution in [3.05, 3.63) is 24.3 Å². The Bertz CT molecular complexity index is 176. The van der Waals surface area contributed by atoms with E-state index in [1.807, 2.05) is 0 Å². The Labute approximate surface area is 141 Å². The molecule has 0 fully saturated rings. The number of rotatable bonds is 0. The second-order valence-corrected chi connectivity index (χ2v) is 1.52. The molecule has 11 heavy (non-hydrogen) atoms. The number of phenolic OH excluding ortho intramolecular Hbond substituents is 2. The first-order valence-electron chi connectivity index (χ1n) is 2.27. The first-order chi connectivity index (χ1) is 3.79. The van der Waals surface area contributed by atoms with Crippen LogP contribution in [0.15, 0.2) is 24.3 Å². The van der Waals surface area contributed by atoms with Gasteiger partial charge in [-0.25, -0.2) is 0 Å². The summed E-state index contributed by atoms with van der Waals surface area (Å²) in [7, 11) is 0. The maximum absolute atomic E-state index is 8.65. The van der Waals surface area contributed by atoms with Crippen molar-refractivity contribution in [1.82, 2.24) is 0 Å². The Hall–Kier alpha value is 2.13. The first-order valence-corrected chi connectivity index (χ1v) is 2.27. The molecule has 0 spiro atoms. The molecule has 51 valence electrons. The van der Waals surface area contributed by atoms with Gasteiger partial charge in [-0.15, -0.1) is 0 Å². The molecule has 3 radical (unpaired) electrons. The molecule has 1 aromatic carbocycles. The molecule has 0 atom stereocenters. The molecule has 0 saturated carbocycles. The van der Waals surface area contributed by atoms with Crippen molar-refractivity contribution in [3.63, 3.8) is 0 Å². The van der Waals surface area contributed by atoms with Crippen molar-refractivity contribution >= 4 is 0 Å². The molecule has 5 heteroatoms. The van der Waals surface area contributed by atoms with Crippen LogP contribution < -0.4 is 0 Å². The van der Waals surface area contributed by atoms with Gasteiger partial charge in [0.25, 0.3) is 0 Å². The van der Waals surface area contributed by atoms with Crippen molar-refractivity contribution in [2.24, 2.45) is 0 Å². The molecule has 2 nitrogen and oxygen atoms in total. The molecular formula is C6H6O2Y3. The van der Waals surface area contributed by atoms with Gasteiger partial charge in [0.05, 0.1) is 0 Å². The van der Waals surface area contributed by atoms with Gasteiger partial charge in [-0.1, -0.05) is 6.07 Å². The summed E-state index contributed by atoms with van der Waals surface area (Å²) in [4.78, 5) is 0. The number of benzene rings is 1. The van der Waals surface area contributed by atoms with Gasteiger partial charge in [-0.2, -0.15) is 0 Å². The topological polar surface area (TPSA) is 40.5 Å². The largest absolute Gasteiger partial charge is 0.508 e. The van der Waals surface area contributed by atoms with Gasteiger partial charge in [-0.05, 0) is 12.1 Å². The van der Waals surface area contributed by atoms with Gasteiger partial charge in [0.15, 0.2) is 0 Å². The van der Waals surface area contributed by atoms with Crippen LogP contribution in [0.25, 0.3) is 0 Å². The zero-order chi connectivity index (χ0) is 5.98. The molecule has 0 heterocycles. The molecule has 1 aromatic rings. The smallest absolute Gasteiger partial charge is 0.119 e. The average molecular weight is 377 g/mol. The number of aromatic hydroxyl groups is 2. The Morgan fingerprint density at radius 3 is 1.36 bits per heavy atom. The maximum atomic E-state index is 8.65. The third-order valence-corrected chi connectivity index (χ3v) is 0.830. The van der Waals surface area contributed by atoms with E-state index in [-0.39, 0.29) is 110 Å². The Kier molecular flexibility index (Phi) is 17.5. The van der Waals surface area contributed by atoms with E-state index < -0.39 is 0 Å². The number of phenols is 2. The quantitative estimate of drug-likeness (QED) is 0.711. The van der Waals surface area contributed by atoms with E-state index in [4.69, 9.17) is 10.2 Å². The minimum absolute atomic E-state index is 0. The predicted octanol–water partition coefficient (Wildman–Crippen LogP) is 1.09. The Morgan fingerprint density at radius 1 is 0.818 bits per heavy atom. The molecule has 0 aliphatic rings. The first kappa shape index (κ1) is 18.8. The fraction of sp³-hybridized carbons (Fsp3) is 0. The van der Waals surface area contributed by atoms with Crippen molar-refractivity contribution in [1.29, 1.82) is 0 Å². The van der Waals surface area contributed by atoms with Crippen molar-refractivity contribution in [3.8, 4) is 11.5 Å². The number of hydrogen-bond acceptors (Lipinski definition) is 2. The van der Waals surface area contributed by atoms with Crippen LogP contribution in [0.3, 0.4) is 0 Å². The molecule has 1 rings (SSSR count). The van der Waals surface area contributed by atoms with Crippen LogP contribution in [-0.2, 0) is 98.1 Å². The second-order valence-electron chi connectivity index (χ2n) is 1.52. The molecule has 0 aliphatic heterocycles. The molecule has 0 bridgehead atoms. The molecule has 2 N–H and O–H groups in total. The Balaban J connectivity index is -0.000000213. The monoisotopic (exact) mass is 377 g/mol. The van der Waals surface area contributed by atoms with Crippen LogP contribution in [0.4, 0.5) is 0 Å². The van der Waals surface area contributed by atoms with Crippen LogP contribution >= 0.6 is 0 Å². The van der Waals surface area contributed by atoms with E-state index in [0.717, 1.165) is 0 Å². The molecular weight excluding hydrogens is 371 g/mol. The molecule has 0 unspecified atom stereocenters. The summed E-state index contributed by atoms with van der Waals surface area (Å²) in [6.07, 6.45) is 0. The fourth-order valence-electron chi connectivity index (χ4n) is 0.493. The summed E-state index contributed by atoms with van der Waals surface area (Å²) in [5, 5.41) is 17.3. The normalized spacial score (nSPS) is 6.55. The van der Waals surface area contributed by atoms with Crippen LogP contribution in [0.1, 0.15) is 0 Å². The van der Waals surface area contributed by atoms with E-state index in [2.05, 4.69) is 0 Å². The van der Waals surface area contributed by atoms with Gasteiger partial charge in [-0.3, -0.25) is 0 Å². The molecule has 0 aliphatic carbocycles. The van der Waals surface area contributed by atoms with E-state index in [1.165, 1.54) is 18.2 Å². The van der Waals surface area contributed by atoms with E-state index >= 15 is 0 Å². The van der Waals surface area contributed by atoms with E-state index in [0.29, 0.717) is 0 Å². The Morgan fingerprint density at radius 2 is 1.18 bits per heavy atom. The van der Waals surface area contributed by atoms with E-state index in [1.54, 1.807) is 6.07 Å². The summed E-state index contributed by atoms with van der Waals surface area (Å²) >= 11 is 0. The maximum Gasteiger partial charge on any atom is 0.119 e. The average Bonchev–Trinajstić information content (AvgIpc) is 1.64. The minimum atomic E-state index is 0. The van der Waals surface area contributed by atoms with E-state index in [9.17, 15) is 0 Å². The third kappa shape index (κ3) is 8.46. The molecule has 0 aromatic heterocycles. The SMILES string of the molecule is Oc1cccc(O)c1.[Y].[Y].[Y]. The van der Waals surface area contributed by atoms with Crippen molar-refractivity contribution in [2.75, 3.05) is 0 Å². The summed E-state index contributed by atoms with van der Waals surface area (Å²) in [5.41, 5.74) is 0. The van der Waals surface area contributed by atoms with Crippen molar-refractivity contribution < 1.29 is 108 Å². The zero-order valence-electron chi connectivity index (χ0n) is 5.94. The summed E-state index contributed by atoms with van der Waals surface area (Å²) in [5.74, 6) is 0.176. The van der Waals surface area contributed by atoms with Crippen LogP contribution in [-0.4, -0.2) is 10.2 Å². The van der Waals surface area contributed by atoms with Gasteiger partial charge >= 0.3 is 0 Å². The van der Waals surface area contributed by atoms with Crippen molar-refractivity contribution in [2.45, 2.75) is 0 Å². The second kappa shape index (κ2) is 10.2. The number of hydrogen-bond donors (Lipinski definition) is 2. The summed E-state index contributed by atoms with van der Waals surface area (Å²) in [6.45, 7) is 0. The summed E-state index contributed by atoms with van der Waals surface area (Å²) < 4.78 is 0. The van der Waals surface area contributed by atoms with Gasteiger partial charge in [0.2, 0.25) is 0 Å².